The summed E-state index contributed by atoms with van der Waals surface area (Å²) in [4.78, 5) is 12.2. The molecule has 17 heavy (non-hydrogen) atoms. The van der Waals surface area contributed by atoms with E-state index in [-0.39, 0.29) is 11.3 Å². The minimum absolute atomic E-state index is 0.0330. The topological polar surface area (TPSA) is 26.3 Å². The van der Waals surface area contributed by atoms with Gasteiger partial charge in [0.1, 0.15) is 5.75 Å². The van der Waals surface area contributed by atoms with Crippen molar-refractivity contribution in [1.82, 2.24) is 0 Å². The fourth-order valence-electron chi connectivity index (χ4n) is 2.58. The molecule has 0 saturated heterocycles. The summed E-state index contributed by atoms with van der Waals surface area (Å²) in [5.74, 6) is 1.54. The van der Waals surface area contributed by atoms with Gasteiger partial charge in [-0.05, 0) is 31.0 Å². The number of ether oxygens (including phenoxy) is 1. The SMILES string of the molecule is CC1(C)COc2ccc(C(=O)C3CCC3)cc21. The van der Waals surface area contributed by atoms with Crippen LogP contribution in [0, 0.1) is 5.92 Å². The number of hydrogen-bond acceptors (Lipinski definition) is 2. The molecule has 1 fully saturated rings. The molecule has 0 bridgehead atoms. The average molecular weight is 230 g/mol. The number of Topliss-reactive ketones (excluding diaryl/α,β-unsaturated/α-hetero) is 1. The third kappa shape index (κ3) is 1.67. The summed E-state index contributed by atoms with van der Waals surface area (Å²) >= 11 is 0. The summed E-state index contributed by atoms with van der Waals surface area (Å²) in [6.07, 6.45) is 3.33. The van der Waals surface area contributed by atoms with Crippen LogP contribution < -0.4 is 4.74 Å². The van der Waals surface area contributed by atoms with E-state index in [9.17, 15) is 4.79 Å². The first-order chi connectivity index (χ1) is 8.08. The number of hydrogen-bond donors (Lipinski definition) is 0. The highest BCUT2D eigenvalue weighted by molar-refractivity contribution is 5.98. The Labute approximate surface area is 102 Å². The van der Waals surface area contributed by atoms with Crippen LogP contribution in [0.4, 0.5) is 0 Å². The first kappa shape index (κ1) is 10.8. The van der Waals surface area contributed by atoms with Crippen LogP contribution in [0.3, 0.4) is 0 Å². The Hall–Kier alpha value is -1.31. The summed E-state index contributed by atoms with van der Waals surface area (Å²) in [5, 5.41) is 0. The molecule has 0 aromatic heterocycles. The first-order valence-electron chi connectivity index (χ1n) is 6.39. The monoisotopic (exact) mass is 230 g/mol. The number of carbonyl (C=O) groups excluding carboxylic acids is 1. The standard InChI is InChI=1S/C15H18O2/c1-15(2)9-17-13-7-6-11(8-12(13)15)14(16)10-4-3-5-10/h6-8,10H,3-5,9H2,1-2H3. The van der Waals surface area contributed by atoms with Crippen molar-refractivity contribution in [2.75, 3.05) is 6.61 Å². The molecule has 1 aliphatic heterocycles. The van der Waals surface area contributed by atoms with E-state index in [0.29, 0.717) is 12.4 Å². The molecule has 1 aliphatic carbocycles. The molecule has 1 aromatic carbocycles. The van der Waals surface area contributed by atoms with Gasteiger partial charge in [0, 0.05) is 22.5 Å². The zero-order chi connectivity index (χ0) is 12.0. The van der Waals surface area contributed by atoms with Gasteiger partial charge in [-0.1, -0.05) is 20.3 Å². The number of benzene rings is 1. The van der Waals surface area contributed by atoms with Crippen LogP contribution in [0.2, 0.25) is 0 Å². The quantitative estimate of drug-likeness (QED) is 0.728. The summed E-state index contributed by atoms with van der Waals surface area (Å²) in [6.45, 7) is 5.04. The molecule has 2 heteroatoms. The molecule has 0 spiro atoms. The number of fused-ring (bicyclic) bond motifs is 1. The van der Waals surface area contributed by atoms with Crippen molar-refractivity contribution < 1.29 is 9.53 Å². The van der Waals surface area contributed by atoms with Crippen molar-refractivity contribution in [3.05, 3.63) is 29.3 Å². The van der Waals surface area contributed by atoms with Crippen molar-refractivity contribution in [1.29, 1.82) is 0 Å². The van der Waals surface area contributed by atoms with Crippen LogP contribution in [0.5, 0.6) is 5.75 Å². The van der Waals surface area contributed by atoms with Crippen LogP contribution in [0.25, 0.3) is 0 Å². The maximum atomic E-state index is 12.2. The second-order valence-corrected chi connectivity index (χ2v) is 5.88. The van der Waals surface area contributed by atoms with Crippen LogP contribution in [-0.2, 0) is 5.41 Å². The van der Waals surface area contributed by atoms with E-state index in [2.05, 4.69) is 13.8 Å². The summed E-state index contributed by atoms with van der Waals surface area (Å²) in [5.41, 5.74) is 2.08. The Morgan fingerprint density at radius 3 is 2.76 bits per heavy atom. The molecule has 0 unspecified atom stereocenters. The molecule has 1 aromatic rings. The minimum Gasteiger partial charge on any atom is -0.492 e. The minimum atomic E-state index is 0.0330. The zero-order valence-corrected chi connectivity index (χ0v) is 10.5. The molecular weight excluding hydrogens is 212 g/mol. The zero-order valence-electron chi connectivity index (χ0n) is 10.5. The number of carbonyl (C=O) groups is 1. The van der Waals surface area contributed by atoms with Gasteiger partial charge in [0.25, 0.3) is 0 Å². The summed E-state index contributed by atoms with van der Waals surface area (Å²) in [6, 6.07) is 5.92. The Morgan fingerprint density at radius 1 is 1.35 bits per heavy atom. The molecular formula is C15H18O2. The smallest absolute Gasteiger partial charge is 0.165 e. The fraction of sp³-hybridized carbons (Fsp3) is 0.533. The van der Waals surface area contributed by atoms with Gasteiger partial charge in [-0.15, -0.1) is 0 Å². The van der Waals surface area contributed by atoms with Crippen molar-refractivity contribution >= 4 is 5.78 Å². The third-order valence-corrected chi connectivity index (χ3v) is 4.06. The van der Waals surface area contributed by atoms with Gasteiger partial charge in [-0.25, -0.2) is 0 Å². The molecule has 0 amide bonds. The van der Waals surface area contributed by atoms with Crippen molar-refractivity contribution in [3.8, 4) is 5.75 Å². The van der Waals surface area contributed by atoms with Crippen molar-refractivity contribution in [2.24, 2.45) is 5.92 Å². The predicted molar refractivity (Wildman–Crippen MR) is 66.6 cm³/mol. The van der Waals surface area contributed by atoms with E-state index in [1.807, 2.05) is 18.2 Å². The van der Waals surface area contributed by atoms with E-state index in [1.54, 1.807) is 0 Å². The lowest BCUT2D eigenvalue weighted by Crippen LogP contribution is -2.23. The maximum Gasteiger partial charge on any atom is 0.165 e. The van der Waals surface area contributed by atoms with Crippen molar-refractivity contribution in [2.45, 2.75) is 38.5 Å². The second-order valence-electron chi connectivity index (χ2n) is 5.88. The molecule has 2 aliphatic rings. The van der Waals surface area contributed by atoms with E-state index in [4.69, 9.17) is 4.74 Å². The Bertz CT molecular complexity index is 470. The van der Waals surface area contributed by atoms with Crippen molar-refractivity contribution in [3.63, 3.8) is 0 Å². The highest BCUT2D eigenvalue weighted by Gasteiger charge is 2.33. The van der Waals surface area contributed by atoms with E-state index in [1.165, 1.54) is 12.0 Å². The van der Waals surface area contributed by atoms with Crippen LogP contribution in [-0.4, -0.2) is 12.4 Å². The molecule has 1 heterocycles. The summed E-state index contributed by atoms with van der Waals surface area (Å²) < 4.78 is 5.64. The second kappa shape index (κ2) is 3.59. The molecule has 90 valence electrons. The van der Waals surface area contributed by atoms with Gasteiger partial charge in [-0.2, -0.15) is 0 Å². The van der Waals surface area contributed by atoms with Gasteiger partial charge in [0.15, 0.2) is 5.78 Å². The Kier molecular flexibility index (Phi) is 2.29. The van der Waals surface area contributed by atoms with Gasteiger partial charge >= 0.3 is 0 Å². The molecule has 0 atom stereocenters. The lowest BCUT2D eigenvalue weighted by atomic mass is 9.78. The Balaban J connectivity index is 1.95. The lowest BCUT2D eigenvalue weighted by molar-refractivity contribution is 0.0855. The number of ketones is 1. The number of rotatable bonds is 2. The summed E-state index contributed by atoms with van der Waals surface area (Å²) in [7, 11) is 0. The maximum absolute atomic E-state index is 12.2. The van der Waals surface area contributed by atoms with Gasteiger partial charge < -0.3 is 4.74 Å². The molecule has 0 N–H and O–H groups in total. The largest absolute Gasteiger partial charge is 0.492 e. The first-order valence-corrected chi connectivity index (χ1v) is 6.39. The van der Waals surface area contributed by atoms with Crippen LogP contribution >= 0.6 is 0 Å². The van der Waals surface area contributed by atoms with E-state index in [0.717, 1.165) is 24.2 Å². The average Bonchev–Trinajstić information content (AvgIpc) is 2.52. The molecule has 3 rings (SSSR count). The van der Waals surface area contributed by atoms with E-state index < -0.39 is 0 Å². The fourth-order valence-corrected chi connectivity index (χ4v) is 2.58. The lowest BCUT2D eigenvalue weighted by Gasteiger charge is -2.24. The van der Waals surface area contributed by atoms with Crippen LogP contribution in [0.1, 0.15) is 49.0 Å². The normalized spacial score (nSPS) is 21.5. The van der Waals surface area contributed by atoms with Gasteiger partial charge in [-0.3, -0.25) is 4.79 Å². The van der Waals surface area contributed by atoms with Gasteiger partial charge in [0.2, 0.25) is 0 Å². The van der Waals surface area contributed by atoms with Gasteiger partial charge in [0.05, 0.1) is 6.61 Å². The highest BCUT2D eigenvalue weighted by atomic mass is 16.5. The third-order valence-electron chi connectivity index (χ3n) is 4.06. The van der Waals surface area contributed by atoms with E-state index >= 15 is 0 Å². The predicted octanol–water partition coefficient (Wildman–Crippen LogP) is 3.34. The molecule has 0 radical (unpaired) electrons. The Morgan fingerprint density at radius 2 is 2.12 bits per heavy atom. The van der Waals surface area contributed by atoms with Crippen LogP contribution in [0.15, 0.2) is 18.2 Å². The molecule has 2 nitrogen and oxygen atoms in total. The molecule has 1 saturated carbocycles. The highest BCUT2D eigenvalue weighted by Crippen LogP contribution is 2.39.